The second kappa shape index (κ2) is 16.0. The van der Waals surface area contributed by atoms with Gasteiger partial charge >= 0.3 is 11.4 Å². The van der Waals surface area contributed by atoms with E-state index in [9.17, 15) is 9.59 Å². The average Bonchev–Trinajstić information content (AvgIpc) is 3.69. The minimum atomic E-state index is -0.0854. The number of halogens is 2. The van der Waals surface area contributed by atoms with Crippen molar-refractivity contribution in [2.24, 2.45) is 0 Å². The summed E-state index contributed by atoms with van der Waals surface area (Å²) in [4.78, 5) is 35.0. The van der Waals surface area contributed by atoms with Crippen LogP contribution in [0.15, 0.2) is 94.8 Å². The van der Waals surface area contributed by atoms with Crippen LogP contribution in [-0.4, -0.2) is 104 Å². The molecule has 2 aromatic carbocycles. The average molecular weight is 770 g/mol. The molecule has 0 amide bonds. The Hall–Kier alpha value is -4.62. The van der Waals surface area contributed by atoms with Crippen molar-refractivity contribution in [2.45, 2.75) is 38.8 Å². The molecular formula is C40H46Cl2N10O2. The van der Waals surface area contributed by atoms with Gasteiger partial charge in [-0.15, -0.1) is 10.2 Å². The fourth-order valence-corrected chi connectivity index (χ4v) is 8.30. The van der Waals surface area contributed by atoms with Crippen molar-refractivity contribution in [3.05, 3.63) is 127 Å². The van der Waals surface area contributed by atoms with E-state index in [1.807, 2.05) is 36.4 Å². The lowest BCUT2D eigenvalue weighted by molar-refractivity contribution is 0.248. The molecule has 0 atom stereocenters. The fourth-order valence-electron chi connectivity index (χ4n) is 7.83. The van der Waals surface area contributed by atoms with Gasteiger partial charge in [-0.25, -0.2) is 19.0 Å². The van der Waals surface area contributed by atoms with Gasteiger partial charge in [-0.3, -0.25) is 18.6 Å². The van der Waals surface area contributed by atoms with Crippen molar-refractivity contribution in [1.29, 1.82) is 0 Å². The molecule has 0 saturated carbocycles. The Kier molecular flexibility index (Phi) is 10.8. The van der Waals surface area contributed by atoms with E-state index in [2.05, 4.69) is 73.1 Å². The number of fused-ring (bicyclic) bond motifs is 2. The van der Waals surface area contributed by atoms with Crippen LogP contribution >= 0.6 is 23.2 Å². The Morgan fingerprint density at radius 3 is 1.41 bits per heavy atom. The monoisotopic (exact) mass is 768 g/mol. The van der Waals surface area contributed by atoms with Gasteiger partial charge in [0.05, 0.1) is 0 Å². The third-order valence-electron chi connectivity index (χ3n) is 10.9. The predicted molar refractivity (Wildman–Crippen MR) is 216 cm³/mol. The number of aryl methyl sites for hydroxylation is 2. The molecule has 6 heterocycles. The lowest BCUT2D eigenvalue weighted by atomic mass is 9.92. The Labute approximate surface area is 324 Å². The van der Waals surface area contributed by atoms with E-state index in [0.29, 0.717) is 24.4 Å². The predicted octanol–water partition coefficient (Wildman–Crippen LogP) is 5.19. The summed E-state index contributed by atoms with van der Waals surface area (Å²) in [6, 6.07) is 24.1. The number of piperazine rings is 2. The summed E-state index contributed by atoms with van der Waals surface area (Å²) in [5.74, 6) is 0.105. The van der Waals surface area contributed by atoms with Gasteiger partial charge in [0.25, 0.3) is 0 Å². The van der Waals surface area contributed by atoms with Crippen LogP contribution in [0.5, 0.6) is 0 Å². The third-order valence-corrected chi connectivity index (χ3v) is 11.4. The third kappa shape index (κ3) is 7.93. The normalized spacial score (nSPS) is 16.0. The first kappa shape index (κ1) is 36.4. The van der Waals surface area contributed by atoms with Gasteiger partial charge in [-0.05, 0) is 84.6 Å². The Bertz CT molecular complexity index is 2190. The molecule has 0 aliphatic carbocycles. The number of pyridine rings is 2. The summed E-state index contributed by atoms with van der Waals surface area (Å²) in [7, 11) is 0. The highest BCUT2D eigenvalue weighted by Gasteiger charge is 2.22. The minimum absolute atomic E-state index is 0.0854. The van der Waals surface area contributed by atoms with E-state index in [1.165, 1.54) is 11.1 Å². The summed E-state index contributed by atoms with van der Waals surface area (Å²) < 4.78 is 6.33. The molecule has 2 aliphatic heterocycles. The standard InChI is InChI=1S/C40H46Cl2N10O2/c1-30(31-24-33(41)28-35(26-31)47-20-16-45(17-21-47)10-6-14-51-39(53)49-12-4-2-8-37(49)43-51)32-25-34(42)29-36(27-32)48-22-18-46(19-23-48)11-7-15-52-40(54)50-13-5-3-9-38(50)44-52/h2-5,8-9,12-13,24-30H,6-7,10-11,14-23H2,1H3. The van der Waals surface area contributed by atoms with Crippen LogP contribution in [0.3, 0.4) is 0 Å². The van der Waals surface area contributed by atoms with Crippen LogP contribution in [0.25, 0.3) is 11.3 Å². The molecule has 0 bridgehead atoms. The van der Waals surface area contributed by atoms with Gasteiger partial charge in [0.2, 0.25) is 0 Å². The van der Waals surface area contributed by atoms with Crippen LogP contribution in [0.4, 0.5) is 11.4 Å². The summed E-state index contributed by atoms with van der Waals surface area (Å²) >= 11 is 13.5. The molecule has 8 rings (SSSR count). The zero-order valence-electron chi connectivity index (χ0n) is 30.6. The van der Waals surface area contributed by atoms with Crippen LogP contribution in [0, 0.1) is 0 Å². The van der Waals surface area contributed by atoms with E-state index in [-0.39, 0.29) is 17.3 Å². The van der Waals surface area contributed by atoms with Crippen LogP contribution in [-0.2, 0) is 13.1 Å². The highest BCUT2D eigenvalue weighted by atomic mass is 35.5. The molecule has 2 aliphatic rings. The first-order valence-electron chi connectivity index (χ1n) is 18.9. The second-order valence-electron chi connectivity index (χ2n) is 14.4. The first-order chi connectivity index (χ1) is 26.3. The van der Waals surface area contributed by atoms with Crippen LogP contribution < -0.4 is 21.2 Å². The van der Waals surface area contributed by atoms with Gasteiger partial charge in [0.1, 0.15) is 0 Å². The number of anilines is 2. The van der Waals surface area contributed by atoms with E-state index in [1.54, 1.807) is 30.6 Å². The Morgan fingerprint density at radius 2 is 1.00 bits per heavy atom. The van der Waals surface area contributed by atoms with Gasteiger partial charge < -0.3 is 9.80 Å². The van der Waals surface area contributed by atoms with Gasteiger partial charge in [0.15, 0.2) is 11.3 Å². The highest BCUT2D eigenvalue weighted by Crippen LogP contribution is 2.34. The molecule has 2 saturated heterocycles. The van der Waals surface area contributed by atoms with Crippen molar-refractivity contribution in [1.82, 2.24) is 38.2 Å². The molecule has 0 N–H and O–H groups in total. The second-order valence-corrected chi connectivity index (χ2v) is 15.3. The molecule has 54 heavy (non-hydrogen) atoms. The SMILES string of the molecule is CC(c1cc(Cl)cc(N2CCN(CCCn3nc4ccccn4c3=O)CC2)c1)c1cc(Cl)cc(N2CCN(CCCn3nc4ccccn4c3=O)CC2)c1. The number of hydrogen-bond donors (Lipinski definition) is 0. The molecule has 0 spiro atoms. The molecule has 6 aromatic rings. The highest BCUT2D eigenvalue weighted by molar-refractivity contribution is 6.31. The molecule has 282 valence electrons. The molecule has 0 radical (unpaired) electrons. The maximum Gasteiger partial charge on any atom is 0.350 e. The maximum atomic E-state index is 12.6. The molecule has 0 unspecified atom stereocenters. The molecule has 4 aromatic heterocycles. The lowest BCUT2D eigenvalue weighted by Crippen LogP contribution is -2.47. The molecule has 12 nitrogen and oxygen atoms in total. The Morgan fingerprint density at radius 1 is 0.574 bits per heavy atom. The van der Waals surface area contributed by atoms with Crippen molar-refractivity contribution < 1.29 is 0 Å². The maximum absolute atomic E-state index is 12.6. The van der Waals surface area contributed by atoms with Gasteiger partial charge in [0, 0.05) is 118 Å². The smallest absolute Gasteiger partial charge is 0.350 e. The van der Waals surface area contributed by atoms with Gasteiger partial charge in [-0.2, -0.15) is 0 Å². The van der Waals surface area contributed by atoms with E-state index in [0.717, 1.165) is 99.7 Å². The summed E-state index contributed by atoms with van der Waals surface area (Å²) in [5, 5.41) is 10.4. The van der Waals surface area contributed by atoms with Crippen molar-refractivity contribution in [3.8, 4) is 0 Å². The zero-order chi connectivity index (χ0) is 37.2. The van der Waals surface area contributed by atoms with Crippen molar-refractivity contribution in [2.75, 3.05) is 75.2 Å². The minimum Gasteiger partial charge on any atom is -0.369 e. The van der Waals surface area contributed by atoms with Gasteiger partial charge in [-0.1, -0.05) is 42.3 Å². The number of rotatable bonds is 12. The number of hydrogen-bond acceptors (Lipinski definition) is 8. The van der Waals surface area contributed by atoms with E-state index >= 15 is 0 Å². The number of nitrogens with zero attached hydrogens (tertiary/aromatic N) is 10. The Balaban J connectivity index is 0.839. The summed E-state index contributed by atoms with van der Waals surface area (Å²) in [6.07, 6.45) is 5.26. The largest absolute Gasteiger partial charge is 0.369 e. The first-order valence-corrected chi connectivity index (χ1v) is 19.7. The van der Waals surface area contributed by atoms with Crippen LogP contribution in [0.2, 0.25) is 10.0 Å². The molecule has 2 fully saturated rings. The van der Waals surface area contributed by atoms with Crippen LogP contribution in [0.1, 0.15) is 36.8 Å². The molecule has 14 heteroatoms. The fraction of sp³-hybridized carbons (Fsp3) is 0.400. The van der Waals surface area contributed by atoms with E-state index < -0.39 is 0 Å². The molecular weight excluding hydrogens is 723 g/mol. The van der Waals surface area contributed by atoms with E-state index in [4.69, 9.17) is 23.2 Å². The van der Waals surface area contributed by atoms with Crippen molar-refractivity contribution in [3.63, 3.8) is 0 Å². The summed E-state index contributed by atoms with van der Waals surface area (Å²) in [6.45, 7) is 12.7. The quantitative estimate of drug-likeness (QED) is 0.168. The lowest BCUT2D eigenvalue weighted by Gasteiger charge is -2.37. The topological polar surface area (TPSA) is 91.6 Å². The zero-order valence-corrected chi connectivity index (χ0v) is 32.1. The van der Waals surface area contributed by atoms with Crippen molar-refractivity contribution >= 4 is 45.9 Å². The number of aromatic nitrogens is 6. The summed E-state index contributed by atoms with van der Waals surface area (Å²) in [5.41, 5.74) is 5.81. The number of benzene rings is 2.